The molecule has 5 heteroatoms. The number of nitrogens with zero attached hydrogens (tertiary/aromatic N) is 1. The highest BCUT2D eigenvalue weighted by Gasteiger charge is 2.27. The van der Waals surface area contributed by atoms with Crippen LogP contribution < -0.4 is 5.90 Å². The van der Waals surface area contributed by atoms with Crippen LogP contribution in [-0.4, -0.2) is 30.0 Å². The Hall–Kier alpha value is -1.46. The Morgan fingerprint density at radius 1 is 1.56 bits per heavy atom. The zero-order chi connectivity index (χ0) is 11.5. The van der Waals surface area contributed by atoms with Gasteiger partial charge in [-0.1, -0.05) is 6.07 Å². The Kier molecular flexibility index (Phi) is 3.17. The van der Waals surface area contributed by atoms with Crippen LogP contribution in [0.25, 0.3) is 0 Å². The molecule has 1 fully saturated rings. The van der Waals surface area contributed by atoms with Crippen LogP contribution in [-0.2, 0) is 4.84 Å². The van der Waals surface area contributed by atoms with E-state index < -0.39 is 5.82 Å². The molecule has 1 atom stereocenters. The number of hydrogen-bond donors (Lipinski definition) is 1. The Labute approximate surface area is 92.7 Å². The highest BCUT2D eigenvalue weighted by molar-refractivity contribution is 5.94. The van der Waals surface area contributed by atoms with Gasteiger partial charge in [0.15, 0.2) is 0 Å². The van der Waals surface area contributed by atoms with Gasteiger partial charge >= 0.3 is 0 Å². The molecule has 2 rings (SSSR count). The maximum Gasteiger partial charge on any atom is 0.254 e. The van der Waals surface area contributed by atoms with E-state index in [1.165, 1.54) is 18.2 Å². The first-order chi connectivity index (χ1) is 7.70. The van der Waals surface area contributed by atoms with E-state index in [1.807, 2.05) is 0 Å². The van der Waals surface area contributed by atoms with E-state index in [2.05, 4.69) is 4.84 Å². The zero-order valence-corrected chi connectivity index (χ0v) is 8.73. The molecule has 1 amide bonds. The quantitative estimate of drug-likeness (QED) is 0.760. The van der Waals surface area contributed by atoms with Crippen molar-refractivity contribution in [2.24, 2.45) is 5.90 Å². The molecule has 1 aromatic carbocycles. The van der Waals surface area contributed by atoms with Crippen molar-refractivity contribution >= 4 is 5.91 Å². The van der Waals surface area contributed by atoms with E-state index in [9.17, 15) is 9.18 Å². The van der Waals surface area contributed by atoms with Crippen molar-refractivity contribution in [1.29, 1.82) is 0 Å². The van der Waals surface area contributed by atoms with Crippen LogP contribution in [0, 0.1) is 5.82 Å². The predicted octanol–water partition coefficient (Wildman–Crippen LogP) is 0.930. The molecule has 1 aromatic rings. The first kappa shape index (κ1) is 11.0. The monoisotopic (exact) mass is 224 g/mol. The summed E-state index contributed by atoms with van der Waals surface area (Å²) in [6.45, 7) is 1.06. The van der Waals surface area contributed by atoms with Crippen LogP contribution in [0.3, 0.4) is 0 Å². The highest BCUT2D eigenvalue weighted by atomic mass is 19.1. The molecular weight excluding hydrogens is 211 g/mol. The lowest BCUT2D eigenvalue weighted by Gasteiger charge is -2.15. The standard InChI is InChI=1S/C11H13FN2O2/c12-9-3-1-2-8(6-9)11(15)14-5-4-10(7-14)16-13/h1-3,6,10H,4-5,7,13H2. The van der Waals surface area contributed by atoms with E-state index in [4.69, 9.17) is 5.90 Å². The molecule has 0 aromatic heterocycles. The molecule has 1 aliphatic heterocycles. The lowest BCUT2D eigenvalue weighted by Crippen LogP contribution is -2.30. The molecule has 16 heavy (non-hydrogen) atoms. The Morgan fingerprint density at radius 3 is 3.00 bits per heavy atom. The highest BCUT2D eigenvalue weighted by Crippen LogP contribution is 2.15. The van der Waals surface area contributed by atoms with Crippen LogP contribution in [0.5, 0.6) is 0 Å². The predicted molar refractivity (Wildman–Crippen MR) is 56.0 cm³/mol. The van der Waals surface area contributed by atoms with Gasteiger partial charge in [0.2, 0.25) is 0 Å². The molecule has 1 aliphatic rings. The van der Waals surface area contributed by atoms with Crippen molar-refractivity contribution < 1.29 is 14.0 Å². The second kappa shape index (κ2) is 4.59. The second-order valence-electron chi connectivity index (χ2n) is 3.81. The van der Waals surface area contributed by atoms with Gasteiger partial charge in [0.25, 0.3) is 5.91 Å². The summed E-state index contributed by atoms with van der Waals surface area (Å²) in [6.07, 6.45) is 0.606. The number of rotatable bonds is 2. The van der Waals surface area contributed by atoms with Gasteiger partial charge in [-0.2, -0.15) is 0 Å². The SMILES string of the molecule is NOC1CCN(C(=O)c2cccc(F)c2)C1. The van der Waals surface area contributed by atoms with Gasteiger partial charge in [-0.15, -0.1) is 0 Å². The van der Waals surface area contributed by atoms with E-state index >= 15 is 0 Å². The minimum absolute atomic E-state index is 0.113. The van der Waals surface area contributed by atoms with Crippen LogP contribution >= 0.6 is 0 Å². The summed E-state index contributed by atoms with van der Waals surface area (Å²) >= 11 is 0. The average Bonchev–Trinajstić information content (AvgIpc) is 2.76. The fraction of sp³-hybridized carbons (Fsp3) is 0.364. The first-order valence-electron chi connectivity index (χ1n) is 5.11. The van der Waals surface area contributed by atoms with Crippen molar-refractivity contribution in [3.8, 4) is 0 Å². The largest absolute Gasteiger partial charge is 0.336 e. The van der Waals surface area contributed by atoms with Crippen molar-refractivity contribution in [1.82, 2.24) is 4.90 Å². The number of halogens is 1. The molecule has 1 heterocycles. The summed E-state index contributed by atoms with van der Waals surface area (Å²) in [7, 11) is 0. The number of carbonyl (C=O) groups excluding carboxylic acids is 1. The Balaban J connectivity index is 2.08. The van der Waals surface area contributed by atoms with Gasteiger partial charge in [-0.25, -0.2) is 10.3 Å². The molecule has 0 saturated carbocycles. The van der Waals surface area contributed by atoms with Crippen molar-refractivity contribution in [2.75, 3.05) is 13.1 Å². The third-order valence-corrected chi connectivity index (χ3v) is 2.70. The molecule has 0 bridgehead atoms. The second-order valence-corrected chi connectivity index (χ2v) is 3.81. The molecule has 86 valence electrons. The number of carbonyl (C=O) groups is 1. The van der Waals surface area contributed by atoms with E-state index in [-0.39, 0.29) is 12.0 Å². The number of hydrogen-bond acceptors (Lipinski definition) is 3. The summed E-state index contributed by atoms with van der Waals surface area (Å²) in [6, 6.07) is 5.67. The third kappa shape index (κ3) is 2.20. The van der Waals surface area contributed by atoms with Gasteiger partial charge in [0.1, 0.15) is 5.82 Å². The lowest BCUT2D eigenvalue weighted by atomic mass is 10.2. The van der Waals surface area contributed by atoms with Gasteiger partial charge in [-0.05, 0) is 24.6 Å². The Bertz CT molecular complexity index is 397. The fourth-order valence-electron chi connectivity index (χ4n) is 1.83. The van der Waals surface area contributed by atoms with Gasteiger partial charge < -0.3 is 4.90 Å². The first-order valence-corrected chi connectivity index (χ1v) is 5.11. The summed E-state index contributed by atoms with van der Waals surface area (Å²) in [5.74, 6) is 4.47. The van der Waals surface area contributed by atoms with Crippen LogP contribution in [0.15, 0.2) is 24.3 Å². The molecule has 0 spiro atoms. The number of nitrogens with two attached hydrogens (primary N) is 1. The number of likely N-dealkylation sites (tertiary alicyclic amines) is 1. The summed E-state index contributed by atoms with van der Waals surface area (Å²) in [5, 5.41) is 0. The molecule has 0 radical (unpaired) electrons. The maximum absolute atomic E-state index is 12.9. The molecular formula is C11H13FN2O2. The minimum Gasteiger partial charge on any atom is -0.336 e. The number of benzene rings is 1. The Morgan fingerprint density at radius 2 is 2.38 bits per heavy atom. The van der Waals surface area contributed by atoms with Crippen molar-refractivity contribution in [3.63, 3.8) is 0 Å². The fourth-order valence-corrected chi connectivity index (χ4v) is 1.83. The third-order valence-electron chi connectivity index (χ3n) is 2.70. The molecule has 2 N–H and O–H groups in total. The lowest BCUT2D eigenvalue weighted by molar-refractivity contribution is 0.0537. The summed E-state index contributed by atoms with van der Waals surface area (Å²) in [5.41, 5.74) is 0.359. The topological polar surface area (TPSA) is 55.6 Å². The van der Waals surface area contributed by atoms with Crippen molar-refractivity contribution in [2.45, 2.75) is 12.5 Å². The zero-order valence-electron chi connectivity index (χ0n) is 8.73. The summed E-state index contributed by atoms with van der Waals surface area (Å²) < 4.78 is 12.9. The van der Waals surface area contributed by atoms with E-state index in [0.717, 1.165) is 6.42 Å². The van der Waals surface area contributed by atoms with Crippen LogP contribution in [0.4, 0.5) is 4.39 Å². The van der Waals surface area contributed by atoms with Crippen molar-refractivity contribution in [3.05, 3.63) is 35.6 Å². The van der Waals surface area contributed by atoms with Crippen LogP contribution in [0.2, 0.25) is 0 Å². The van der Waals surface area contributed by atoms with Gasteiger partial charge in [0.05, 0.1) is 6.10 Å². The van der Waals surface area contributed by atoms with E-state index in [1.54, 1.807) is 11.0 Å². The normalized spacial score (nSPS) is 20.1. The molecule has 1 saturated heterocycles. The maximum atomic E-state index is 12.9. The van der Waals surface area contributed by atoms with Gasteiger partial charge in [-0.3, -0.25) is 9.63 Å². The van der Waals surface area contributed by atoms with Crippen LogP contribution in [0.1, 0.15) is 16.8 Å². The van der Waals surface area contributed by atoms with E-state index in [0.29, 0.717) is 18.7 Å². The summed E-state index contributed by atoms with van der Waals surface area (Å²) in [4.78, 5) is 18.2. The smallest absolute Gasteiger partial charge is 0.254 e. The molecule has 4 nitrogen and oxygen atoms in total. The molecule has 1 unspecified atom stereocenters. The van der Waals surface area contributed by atoms with Gasteiger partial charge in [0, 0.05) is 18.7 Å². The average molecular weight is 224 g/mol. The minimum atomic E-state index is -0.406. The molecule has 0 aliphatic carbocycles. The number of amides is 1.